The first-order valence-electron chi connectivity index (χ1n) is 10.5. The molecular formula is C24H28N4OS. The lowest BCUT2D eigenvalue weighted by Gasteiger charge is -2.20. The van der Waals surface area contributed by atoms with E-state index in [4.69, 9.17) is 0 Å². The molecule has 30 heavy (non-hydrogen) atoms. The van der Waals surface area contributed by atoms with Crippen LogP contribution in [0.4, 0.5) is 0 Å². The molecule has 2 aromatic carbocycles. The minimum absolute atomic E-state index is 0.0714. The first-order chi connectivity index (χ1) is 14.7. The van der Waals surface area contributed by atoms with Crippen molar-refractivity contribution in [3.05, 3.63) is 71.4 Å². The van der Waals surface area contributed by atoms with E-state index >= 15 is 0 Å². The van der Waals surface area contributed by atoms with Crippen LogP contribution in [0.3, 0.4) is 0 Å². The molecule has 1 aliphatic heterocycles. The Labute approximate surface area is 182 Å². The number of rotatable bonds is 8. The molecule has 5 nitrogen and oxygen atoms in total. The second kappa shape index (κ2) is 9.49. The molecule has 0 radical (unpaired) electrons. The van der Waals surface area contributed by atoms with Gasteiger partial charge in [0, 0.05) is 48.5 Å². The minimum atomic E-state index is -0.0714. The van der Waals surface area contributed by atoms with E-state index in [-0.39, 0.29) is 5.91 Å². The number of hydrogen-bond acceptors (Lipinski definition) is 4. The van der Waals surface area contributed by atoms with Gasteiger partial charge in [0.05, 0.1) is 5.69 Å². The van der Waals surface area contributed by atoms with Gasteiger partial charge in [0.15, 0.2) is 5.69 Å². The van der Waals surface area contributed by atoms with Gasteiger partial charge in [-0.2, -0.15) is 5.10 Å². The fourth-order valence-electron chi connectivity index (χ4n) is 3.94. The maximum atomic E-state index is 12.8. The van der Waals surface area contributed by atoms with Gasteiger partial charge in [-0.05, 0) is 24.6 Å². The van der Waals surface area contributed by atoms with Gasteiger partial charge >= 0.3 is 0 Å². The lowest BCUT2D eigenvalue weighted by molar-refractivity contribution is 0.0945. The third kappa shape index (κ3) is 4.45. The van der Waals surface area contributed by atoms with Gasteiger partial charge in [-0.3, -0.25) is 14.4 Å². The van der Waals surface area contributed by atoms with Crippen LogP contribution in [0.2, 0.25) is 0 Å². The van der Waals surface area contributed by atoms with Crippen LogP contribution in [0, 0.1) is 0 Å². The predicted octanol–water partition coefficient (Wildman–Crippen LogP) is 4.33. The highest BCUT2D eigenvalue weighted by molar-refractivity contribution is 7.98. The van der Waals surface area contributed by atoms with Crippen LogP contribution in [0.15, 0.2) is 59.5 Å². The van der Waals surface area contributed by atoms with Crippen LogP contribution >= 0.6 is 11.8 Å². The number of aromatic nitrogens is 2. The van der Waals surface area contributed by atoms with E-state index in [2.05, 4.69) is 64.7 Å². The molecule has 2 heterocycles. The minimum Gasteiger partial charge on any atom is -0.351 e. The van der Waals surface area contributed by atoms with Crippen LogP contribution in [-0.2, 0) is 19.3 Å². The average molecular weight is 421 g/mol. The van der Waals surface area contributed by atoms with Crippen molar-refractivity contribution in [2.45, 2.75) is 30.5 Å². The number of nitrogens with zero attached hydrogens (tertiary/aromatic N) is 3. The van der Waals surface area contributed by atoms with E-state index in [0.29, 0.717) is 12.2 Å². The third-order valence-electron chi connectivity index (χ3n) is 5.51. The van der Waals surface area contributed by atoms with Gasteiger partial charge in [-0.15, -0.1) is 11.8 Å². The van der Waals surface area contributed by atoms with Crippen molar-refractivity contribution in [1.82, 2.24) is 20.0 Å². The van der Waals surface area contributed by atoms with Crippen molar-refractivity contribution in [2.24, 2.45) is 7.05 Å². The molecule has 0 spiro atoms. The molecule has 0 atom stereocenters. The van der Waals surface area contributed by atoms with Crippen molar-refractivity contribution in [3.8, 4) is 11.3 Å². The van der Waals surface area contributed by atoms with E-state index in [1.54, 1.807) is 11.8 Å². The lowest BCUT2D eigenvalue weighted by Crippen LogP contribution is -2.30. The number of carbonyl (C=O) groups is 1. The summed E-state index contributed by atoms with van der Waals surface area (Å²) in [4.78, 5) is 16.5. The Morgan fingerprint density at radius 3 is 2.73 bits per heavy atom. The van der Waals surface area contributed by atoms with Gasteiger partial charge in [-0.1, -0.05) is 55.5 Å². The smallest absolute Gasteiger partial charge is 0.272 e. The Kier molecular flexibility index (Phi) is 6.55. The summed E-state index contributed by atoms with van der Waals surface area (Å²) in [6.07, 6.45) is 0.916. The molecule has 0 bridgehead atoms. The lowest BCUT2D eigenvalue weighted by atomic mass is 10.1. The topological polar surface area (TPSA) is 50.2 Å². The summed E-state index contributed by atoms with van der Waals surface area (Å²) < 4.78 is 1.85. The molecule has 0 aliphatic carbocycles. The highest BCUT2D eigenvalue weighted by Gasteiger charge is 2.27. The van der Waals surface area contributed by atoms with Crippen LogP contribution < -0.4 is 5.32 Å². The second-order valence-corrected chi connectivity index (χ2v) is 8.57. The predicted molar refractivity (Wildman–Crippen MR) is 123 cm³/mol. The Balaban J connectivity index is 1.34. The number of carbonyl (C=O) groups excluding carboxylic acids is 1. The first kappa shape index (κ1) is 20.7. The molecule has 6 heteroatoms. The van der Waals surface area contributed by atoms with Gasteiger partial charge in [0.25, 0.3) is 5.91 Å². The summed E-state index contributed by atoms with van der Waals surface area (Å²) >= 11 is 1.77. The zero-order valence-electron chi connectivity index (χ0n) is 17.6. The number of benzene rings is 2. The number of nitrogens with one attached hydrogen (secondary N) is 1. The highest BCUT2D eigenvalue weighted by Crippen LogP contribution is 2.42. The van der Waals surface area contributed by atoms with E-state index in [0.717, 1.165) is 48.6 Å². The fourth-order valence-corrected chi connectivity index (χ4v) is 5.01. The molecule has 0 saturated carbocycles. The van der Waals surface area contributed by atoms with E-state index in [1.807, 2.05) is 23.9 Å². The molecule has 4 rings (SSSR count). The summed E-state index contributed by atoms with van der Waals surface area (Å²) in [6.45, 7) is 5.72. The van der Waals surface area contributed by atoms with Crippen LogP contribution in [-0.4, -0.2) is 40.2 Å². The summed E-state index contributed by atoms with van der Waals surface area (Å²) in [6, 6.07) is 18.8. The summed E-state index contributed by atoms with van der Waals surface area (Å²) in [7, 11) is 1.92. The summed E-state index contributed by atoms with van der Waals surface area (Å²) in [5.41, 5.74) is 5.15. The molecule has 3 aromatic rings. The van der Waals surface area contributed by atoms with E-state index in [1.165, 1.54) is 10.5 Å². The average Bonchev–Trinajstić information content (AvgIpc) is 3.13. The van der Waals surface area contributed by atoms with Crippen molar-refractivity contribution in [3.63, 3.8) is 0 Å². The maximum absolute atomic E-state index is 12.8. The Morgan fingerprint density at radius 2 is 1.93 bits per heavy atom. The number of hydrogen-bond donors (Lipinski definition) is 1. The molecule has 156 valence electrons. The largest absolute Gasteiger partial charge is 0.351 e. The zero-order chi connectivity index (χ0) is 20.9. The fraction of sp³-hybridized carbons (Fsp3) is 0.333. The summed E-state index contributed by atoms with van der Waals surface area (Å²) in [5.74, 6) is 0.710. The monoisotopic (exact) mass is 420 g/mol. The van der Waals surface area contributed by atoms with E-state index < -0.39 is 0 Å². The number of aryl methyl sites for hydroxylation is 1. The van der Waals surface area contributed by atoms with Crippen molar-refractivity contribution in [2.75, 3.05) is 19.6 Å². The molecule has 0 fully saturated rings. The van der Waals surface area contributed by atoms with Crippen molar-refractivity contribution < 1.29 is 4.79 Å². The SMILES string of the molecule is CCN(CCCNC(=O)c1nn(C)c2c1CSc1ccccc1-2)Cc1ccccc1. The van der Waals surface area contributed by atoms with Gasteiger partial charge < -0.3 is 5.32 Å². The molecule has 1 aliphatic rings. The standard InChI is InChI=1S/C24H28N4OS/c1-3-28(16-18-10-5-4-6-11-18)15-9-14-25-24(29)22-20-17-30-21-13-8-7-12-19(21)23(20)27(2)26-22/h4-8,10-13H,3,9,14-17H2,1-2H3,(H,25,29). The summed E-state index contributed by atoms with van der Waals surface area (Å²) in [5, 5.41) is 7.64. The molecule has 1 amide bonds. The molecular weight excluding hydrogens is 392 g/mol. The highest BCUT2D eigenvalue weighted by atomic mass is 32.2. The number of amides is 1. The molecule has 1 aromatic heterocycles. The van der Waals surface area contributed by atoms with Crippen molar-refractivity contribution >= 4 is 17.7 Å². The van der Waals surface area contributed by atoms with Gasteiger partial charge in [0.1, 0.15) is 0 Å². The van der Waals surface area contributed by atoms with Gasteiger partial charge in [0.2, 0.25) is 0 Å². The molecule has 1 N–H and O–H groups in total. The first-order valence-corrected chi connectivity index (χ1v) is 11.5. The quantitative estimate of drug-likeness (QED) is 0.551. The van der Waals surface area contributed by atoms with Crippen molar-refractivity contribution in [1.29, 1.82) is 0 Å². The second-order valence-electron chi connectivity index (χ2n) is 7.55. The number of thioether (sulfide) groups is 1. The third-order valence-corrected chi connectivity index (χ3v) is 6.61. The maximum Gasteiger partial charge on any atom is 0.272 e. The van der Waals surface area contributed by atoms with Gasteiger partial charge in [-0.25, -0.2) is 0 Å². The molecule has 0 unspecified atom stereocenters. The Hall–Kier alpha value is -2.57. The van der Waals surface area contributed by atoms with E-state index in [9.17, 15) is 4.79 Å². The Bertz CT molecular complexity index is 1020. The van der Waals surface area contributed by atoms with Crippen LogP contribution in [0.1, 0.15) is 35.0 Å². The Morgan fingerprint density at radius 1 is 1.17 bits per heavy atom. The van der Waals surface area contributed by atoms with Crippen LogP contribution in [0.25, 0.3) is 11.3 Å². The number of fused-ring (bicyclic) bond motifs is 3. The molecule has 0 saturated heterocycles. The van der Waals surface area contributed by atoms with Crippen LogP contribution in [0.5, 0.6) is 0 Å². The normalized spacial score (nSPS) is 12.5. The zero-order valence-corrected chi connectivity index (χ0v) is 18.4.